The normalized spacial score (nSPS) is 16.5. The second kappa shape index (κ2) is 8.45. The van der Waals surface area contributed by atoms with Crippen molar-refractivity contribution in [2.45, 2.75) is 26.7 Å². The monoisotopic (exact) mass is 319 g/mol. The van der Waals surface area contributed by atoms with Crippen LogP contribution < -0.4 is 10.6 Å². The van der Waals surface area contributed by atoms with Crippen molar-refractivity contribution in [3.05, 3.63) is 29.6 Å². The van der Waals surface area contributed by atoms with Crippen LogP contribution in [0.2, 0.25) is 0 Å². The fraction of sp³-hybridized carbons (Fsp3) is 0.571. The Kier molecular flexibility index (Phi) is 8.09. The number of pyridine rings is 1. The van der Waals surface area contributed by atoms with Crippen LogP contribution in [0.1, 0.15) is 35.8 Å². The third kappa shape index (κ3) is 4.93. The van der Waals surface area contributed by atoms with Gasteiger partial charge in [0.2, 0.25) is 0 Å². The molecule has 1 amide bonds. The van der Waals surface area contributed by atoms with E-state index in [2.05, 4.69) is 22.5 Å². The fourth-order valence-electron chi connectivity index (χ4n) is 2.31. The Bertz CT molecular complexity index is 434. The average molecular weight is 320 g/mol. The third-order valence-electron chi connectivity index (χ3n) is 3.71. The zero-order chi connectivity index (χ0) is 13.0. The number of aryl methyl sites for hydroxylation is 1. The van der Waals surface area contributed by atoms with Gasteiger partial charge in [-0.15, -0.1) is 24.8 Å². The Morgan fingerprint density at radius 1 is 1.40 bits per heavy atom. The van der Waals surface area contributed by atoms with Crippen LogP contribution in [0.3, 0.4) is 0 Å². The van der Waals surface area contributed by atoms with Crippen LogP contribution in [0.15, 0.2) is 18.3 Å². The van der Waals surface area contributed by atoms with Gasteiger partial charge in [-0.3, -0.25) is 9.78 Å². The highest BCUT2D eigenvalue weighted by molar-refractivity contribution is 5.93. The molecule has 1 fully saturated rings. The fourth-order valence-corrected chi connectivity index (χ4v) is 2.31. The molecule has 114 valence electrons. The summed E-state index contributed by atoms with van der Waals surface area (Å²) in [5.41, 5.74) is 1.67. The minimum Gasteiger partial charge on any atom is -0.350 e. The van der Waals surface area contributed by atoms with Crippen molar-refractivity contribution < 1.29 is 4.79 Å². The van der Waals surface area contributed by atoms with E-state index >= 15 is 0 Å². The summed E-state index contributed by atoms with van der Waals surface area (Å²) in [7, 11) is 0. The molecule has 0 unspecified atom stereocenters. The second-order valence-corrected chi connectivity index (χ2v) is 5.41. The molecule has 1 aromatic heterocycles. The molecular weight excluding hydrogens is 297 g/mol. The maximum atomic E-state index is 12.1. The SMILES string of the molecule is Cc1cccnc1C(=O)NCC1(C)CCNCC1.Cl.Cl. The van der Waals surface area contributed by atoms with Gasteiger partial charge in [0.05, 0.1) is 0 Å². The molecule has 2 N–H and O–H groups in total. The van der Waals surface area contributed by atoms with E-state index in [0.29, 0.717) is 5.69 Å². The van der Waals surface area contributed by atoms with E-state index in [9.17, 15) is 4.79 Å². The lowest BCUT2D eigenvalue weighted by molar-refractivity contribution is 0.0916. The van der Waals surface area contributed by atoms with Gasteiger partial charge < -0.3 is 10.6 Å². The molecule has 20 heavy (non-hydrogen) atoms. The molecule has 0 aromatic carbocycles. The summed E-state index contributed by atoms with van der Waals surface area (Å²) in [6.07, 6.45) is 3.87. The minimum atomic E-state index is -0.0622. The van der Waals surface area contributed by atoms with Crippen molar-refractivity contribution in [1.82, 2.24) is 15.6 Å². The topological polar surface area (TPSA) is 54.0 Å². The molecule has 1 aliphatic rings. The summed E-state index contributed by atoms with van der Waals surface area (Å²) in [5, 5.41) is 6.36. The average Bonchev–Trinajstić information content (AvgIpc) is 2.38. The number of hydrogen-bond donors (Lipinski definition) is 2. The van der Waals surface area contributed by atoms with Gasteiger partial charge >= 0.3 is 0 Å². The van der Waals surface area contributed by atoms with E-state index in [4.69, 9.17) is 0 Å². The molecule has 1 aliphatic heterocycles. The lowest BCUT2D eigenvalue weighted by atomic mass is 9.81. The van der Waals surface area contributed by atoms with Gasteiger partial charge in [0.25, 0.3) is 5.91 Å². The zero-order valence-corrected chi connectivity index (χ0v) is 13.6. The summed E-state index contributed by atoms with van der Waals surface area (Å²) in [4.78, 5) is 16.2. The van der Waals surface area contributed by atoms with Crippen LogP contribution in [0, 0.1) is 12.3 Å². The molecule has 0 atom stereocenters. The molecule has 2 rings (SSSR count). The molecule has 1 aromatic rings. The second-order valence-electron chi connectivity index (χ2n) is 5.41. The number of nitrogens with zero attached hydrogens (tertiary/aromatic N) is 1. The number of amides is 1. The van der Waals surface area contributed by atoms with Gasteiger partial charge in [0, 0.05) is 12.7 Å². The number of carbonyl (C=O) groups excluding carboxylic acids is 1. The number of carbonyl (C=O) groups is 1. The van der Waals surface area contributed by atoms with Gasteiger partial charge in [0.15, 0.2) is 0 Å². The van der Waals surface area contributed by atoms with Gasteiger partial charge in [-0.2, -0.15) is 0 Å². The van der Waals surface area contributed by atoms with Crippen molar-refractivity contribution in [1.29, 1.82) is 0 Å². The predicted octanol–water partition coefficient (Wildman–Crippen LogP) is 2.35. The van der Waals surface area contributed by atoms with E-state index in [1.54, 1.807) is 6.20 Å². The zero-order valence-electron chi connectivity index (χ0n) is 11.9. The maximum Gasteiger partial charge on any atom is 0.270 e. The molecule has 0 radical (unpaired) electrons. The van der Waals surface area contributed by atoms with Crippen LogP contribution in [0.4, 0.5) is 0 Å². The summed E-state index contributed by atoms with van der Waals surface area (Å²) in [6.45, 7) is 6.95. The van der Waals surface area contributed by atoms with E-state index in [1.165, 1.54) is 0 Å². The molecule has 0 bridgehead atoms. The maximum absolute atomic E-state index is 12.1. The number of nitrogens with one attached hydrogen (secondary N) is 2. The van der Waals surface area contributed by atoms with Gasteiger partial charge in [-0.1, -0.05) is 13.0 Å². The molecule has 6 heteroatoms. The van der Waals surface area contributed by atoms with E-state index in [1.807, 2.05) is 19.1 Å². The number of piperidine rings is 1. The molecular formula is C14H23Cl2N3O. The van der Waals surface area contributed by atoms with Crippen LogP contribution in [-0.2, 0) is 0 Å². The highest BCUT2D eigenvalue weighted by Gasteiger charge is 2.27. The predicted molar refractivity (Wildman–Crippen MR) is 86.0 cm³/mol. The van der Waals surface area contributed by atoms with Crippen LogP contribution >= 0.6 is 24.8 Å². The van der Waals surface area contributed by atoms with Crippen LogP contribution in [-0.4, -0.2) is 30.5 Å². The standard InChI is InChI=1S/C14H21N3O.2ClH/c1-11-4-3-7-16-12(11)13(18)17-10-14(2)5-8-15-9-6-14;;/h3-4,7,15H,5-6,8-10H2,1-2H3,(H,17,18);2*1H. The van der Waals surface area contributed by atoms with Gasteiger partial charge in [-0.25, -0.2) is 0 Å². The van der Waals surface area contributed by atoms with E-state index in [0.717, 1.165) is 38.0 Å². The summed E-state index contributed by atoms with van der Waals surface area (Å²) < 4.78 is 0. The summed E-state index contributed by atoms with van der Waals surface area (Å²) in [6, 6.07) is 3.76. The summed E-state index contributed by atoms with van der Waals surface area (Å²) >= 11 is 0. The highest BCUT2D eigenvalue weighted by atomic mass is 35.5. The smallest absolute Gasteiger partial charge is 0.270 e. The van der Waals surface area contributed by atoms with Crippen molar-refractivity contribution >= 4 is 30.7 Å². The number of aromatic nitrogens is 1. The first-order valence-electron chi connectivity index (χ1n) is 6.51. The Morgan fingerprint density at radius 2 is 2.05 bits per heavy atom. The number of rotatable bonds is 3. The molecule has 0 aliphatic carbocycles. The molecule has 0 saturated carbocycles. The van der Waals surface area contributed by atoms with Crippen LogP contribution in [0.25, 0.3) is 0 Å². The van der Waals surface area contributed by atoms with Gasteiger partial charge in [-0.05, 0) is 49.9 Å². The highest BCUT2D eigenvalue weighted by Crippen LogP contribution is 2.26. The van der Waals surface area contributed by atoms with Crippen molar-refractivity contribution in [2.24, 2.45) is 5.41 Å². The Morgan fingerprint density at radius 3 is 2.65 bits per heavy atom. The number of halogens is 2. The van der Waals surface area contributed by atoms with E-state index < -0.39 is 0 Å². The first-order valence-corrected chi connectivity index (χ1v) is 6.51. The van der Waals surface area contributed by atoms with E-state index in [-0.39, 0.29) is 36.1 Å². The first kappa shape index (κ1) is 19.2. The lowest BCUT2D eigenvalue weighted by Crippen LogP contribution is -2.43. The Labute approximate surface area is 132 Å². The Hall–Kier alpha value is -0.840. The molecule has 1 saturated heterocycles. The summed E-state index contributed by atoms with van der Waals surface area (Å²) in [5.74, 6) is -0.0622. The molecule has 2 heterocycles. The largest absolute Gasteiger partial charge is 0.350 e. The van der Waals surface area contributed by atoms with Crippen molar-refractivity contribution in [2.75, 3.05) is 19.6 Å². The number of hydrogen-bond acceptors (Lipinski definition) is 3. The Balaban J connectivity index is 0.00000180. The molecule has 4 nitrogen and oxygen atoms in total. The first-order chi connectivity index (χ1) is 8.61. The van der Waals surface area contributed by atoms with Gasteiger partial charge in [0.1, 0.15) is 5.69 Å². The van der Waals surface area contributed by atoms with Crippen molar-refractivity contribution in [3.8, 4) is 0 Å². The quantitative estimate of drug-likeness (QED) is 0.899. The van der Waals surface area contributed by atoms with Crippen LogP contribution in [0.5, 0.6) is 0 Å². The van der Waals surface area contributed by atoms with Crippen molar-refractivity contribution in [3.63, 3.8) is 0 Å². The lowest BCUT2D eigenvalue weighted by Gasteiger charge is -2.34. The minimum absolute atomic E-state index is 0. The third-order valence-corrected chi connectivity index (χ3v) is 3.71. The molecule has 0 spiro atoms.